The Hall–Kier alpha value is -1.89. The van der Waals surface area contributed by atoms with Gasteiger partial charge in [0.25, 0.3) is 0 Å². The number of benzene rings is 1. The molecule has 0 unspecified atom stereocenters. The van der Waals surface area contributed by atoms with Gasteiger partial charge in [0.05, 0.1) is 19.3 Å². The van der Waals surface area contributed by atoms with E-state index in [1.807, 2.05) is 12.1 Å². The summed E-state index contributed by atoms with van der Waals surface area (Å²) < 4.78 is 16.0. The maximum Gasteiger partial charge on any atom is 0.246 e. The van der Waals surface area contributed by atoms with Crippen LogP contribution >= 0.6 is 11.6 Å². The van der Waals surface area contributed by atoms with Gasteiger partial charge < -0.3 is 19.3 Å². The lowest BCUT2D eigenvalue weighted by atomic mass is 10.1. The molecule has 1 aliphatic heterocycles. The molecular formula is C17H19ClN2O4. The predicted octanol–water partition coefficient (Wildman–Crippen LogP) is 2.81. The van der Waals surface area contributed by atoms with Crippen molar-refractivity contribution in [1.29, 1.82) is 0 Å². The molecule has 24 heavy (non-hydrogen) atoms. The largest absolute Gasteiger partial charge is 0.376 e. The molecule has 1 saturated heterocycles. The van der Waals surface area contributed by atoms with Gasteiger partial charge in [0.15, 0.2) is 5.76 Å². The van der Waals surface area contributed by atoms with Gasteiger partial charge in [-0.15, -0.1) is 0 Å². The number of nitrogens with one attached hydrogen (secondary N) is 1. The summed E-state index contributed by atoms with van der Waals surface area (Å²) in [4.78, 5) is 11.8. The van der Waals surface area contributed by atoms with Gasteiger partial charge >= 0.3 is 0 Å². The van der Waals surface area contributed by atoms with E-state index in [2.05, 4.69) is 10.5 Å². The average molecular weight is 351 g/mol. The Balaban J connectivity index is 1.42. The smallest absolute Gasteiger partial charge is 0.246 e. The number of hydrogen-bond donors (Lipinski definition) is 1. The first-order valence-corrected chi connectivity index (χ1v) is 8.26. The van der Waals surface area contributed by atoms with Gasteiger partial charge in [-0.25, -0.2) is 0 Å². The number of nitrogens with zero attached hydrogens (tertiary/aromatic N) is 1. The van der Waals surface area contributed by atoms with E-state index < -0.39 is 0 Å². The van der Waals surface area contributed by atoms with Crippen LogP contribution in [-0.2, 0) is 20.8 Å². The van der Waals surface area contributed by atoms with Gasteiger partial charge in [-0.05, 0) is 25.0 Å². The van der Waals surface area contributed by atoms with E-state index in [-0.39, 0.29) is 25.2 Å². The maximum absolute atomic E-state index is 11.8. The minimum Gasteiger partial charge on any atom is -0.376 e. The molecule has 6 nitrogen and oxygen atoms in total. The van der Waals surface area contributed by atoms with Crippen LogP contribution in [0.5, 0.6) is 0 Å². The molecule has 1 aromatic heterocycles. The molecule has 0 aliphatic carbocycles. The predicted molar refractivity (Wildman–Crippen MR) is 88.6 cm³/mol. The van der Waals surface area contributed by atoms with E-state index in [4.69, 9.17) is 25.6 Å². The fraction of sp³-hybridized carbons (Fsp3) is 0.412. The number of aromatic nitrogens is 1. The number of hydrogen-bond acceptors (Lipinski definition) is 5. The zero-order chi connectivity index (χ0) is 16.8. The molecule has 1 aliphatic rings. The Morgan fingerprint density at radius 3 is 3.12 bits per heavy atom. The van der Waals surface area contributed by atoms with Gasteiger partial charge in [-0.3, -0.25) is 4.79 Å². The lowest BCUT2D eigenvalue weighted by molar-refractivity contribution is -0.127. The standard InChI is InChI=1S/C17H19ClN2O4/c18-13-4-1-3-12(7-13)16-8-15(24-20-16)9-19-17(21)11-22-10-14-5-2-6-23-14/h1,3-4,7-8,14H,2,5-6,9-11H2,(H,19,21)/t14-/m1/s1. The van der Waals surface area contributed by atoms with Gasteiger partial charge in [0.1, 0.15) is 12.3 Å². The van der Waals surface area contributed by atoms with Crippen molar-refractivity contribution in [1.82, 2.24) is 10.5 Å². The zero-order valence-electron chi connectivity index (χ0n) is 13.2. The second kappa shape index (κ2) is 8.28. The first kappa shape index (κ1) is 17.0. The minimum atomic E-state index is -0.200. The van der Waals surface area contributed by atoms with Crippen molar-refractivity contribution in [2.45, 2.75) is 25.5 Å². The van der Waals surface area contributed by atoms with Crippen molar-refractivity contribution in [3.05, 3.63) is 41.1 Å². The molecule has 0 bridgehead atoms. The quantitative estimate of drug-likeness (QED) is 0.831. The van der Waals surface area contributed by atoms with Crippen molar-refractivity contribution < 1.29 is 18.8 Å². The van der Waals surface area contributed by atoms with E-state index >= 15 is 0 Å². The fourth-order valence-corrected chi connectivity index (χ4v) is 2.67. The summed E-state index contributed by atoms with van der Waals surface area (Å²) in [5.74, 6) is 0.367. The molecule has 0 radical (unpaired) electrons. The second-order valence-corrected chi connectivity index (χ2v) is 6.05. The molecule has 1 amide bonds. The number of rotatable bonds is 7. The van der Waals surface area contributed by atoms with E-state index in [1.165, 1.54) is 0 Å². The molecule has 2 heterocycles. The van der Waals surface area contributed by atoms with E-state index in [9.17, 15) is 4.79 Å². The van der Waals surface area contributed by atoms with Gasteiger partial charge in [0.2, 0.25) is 5.91 Å². The van der Waals surface area contributed by atoms with E-state index in [0.29, 0.717) is 23.1 Å². The third kappa shape index (κ3) is 4.80. The van der Waals surface area contributed by atoms with Crippen LogP contribution < -0.4 is 5.32 Å². The zero-order valence-corrected chi connectivity index (χ0v) is 13.9. The van der Waals surface area contributed by atoms with Crippen LogP contribution in [0.3, 0.4) is 0 Å². The fourth-order valence-electron chi connectivity index (χ4n) is 2.48. The summed E-state index contributed by atoms with van der Waals surface area (Å²) in [6, 6.07) is 9.12. The minimum absolute atomic E-state index is 0.00907. The topological polar surface area (TPSA) is 73.6 Å². The number of carbonyl (C=O) groups excluding carboxylic acids is 1. The van der Waals surface area contributed by atoms with Crippen LogP contribution in [0.1, 0.15) is 18.6 Å². The second-order valence-electron chi connectivity index (χ2n) is 5.62. The first-order valence-electron chi connectivity index (χ1n) is 7.88. The summed E-state index contributed by atoms with van der Waals surface area (Å²) in [6.07, 6.45) is 2.17. The molecule has 7 heteroatoms. The Morgan fingerprint density at radius 1 is 1.42 bits per heavy atom. The number of ether oxygens (including phenoxy) is 2. The Morgan fingerprint density at radius 2 is 2.33 bits per heavy atom. The van der Waals surface area contributed by atoms with E-state index in [1.54, 1.807) is 18.2 Å². The maximum atomic E-state index is 11.8. The highest BCUT2D eigenvalue weighted by Gasteiger charge is 2.16. The summed E-state index contributed by atoms with van der Waals surface area (Å²) in [5.41, 5.74) is 1.54. The average Bonchev–Trinajstić information content (AvgIpc) is 3.25. The number of carbonyl (C=O) groups is 1. The Kier molecular flexibility index (Phi) is 5.85. The van der Waals surface area contributed by atoms with Crippen LogP contribution in [0.25, 0.3) is 11.3 Å². The third-order valence-electron chi connectivity index (χ3n) is 3.70. The highest BCUT2D eigenvalue weighted by atomic mass is 35.5. The third-order valence-corrected chi connectivity index (χ3v) is 3.94. The lowest BCUT2D eigenvalue weighted by Crippen LogP contribution is -2.28. The monoisotopic (exact) mass is 350 g/mol. The van der Waals surface area contributed by atoms with Crippen LogP contribution in [-0.4, -0.2) is 37.0 Å². The van der Waals surface area contributed by atoms with Crippen molar-refractivity contribution in [2.75, 3.05) is 19.8 Å². The lowest BCUT2D eigenvalue weighted by Gasteiger charge is -2.09. The molecule has 1 fully saturated rings. The highest BCUT2D eigenvalue weighted by Crippen LogP contribution is 2.22. The number of amides is 1. The first-order chi connectivity index (χ1) is 11.7. The molecule has 1 N–H and O–H groups in total. The van der Waals surface area contributed by atoms with Crippen LogP contribution in [0.2, 0.25) is 5.02 Å². The van der Waals surface area contributed by atoms with Crippen LogP contribution in [0, 0.1) is 0 Å². The SMILES string of the molecule is O=C(COC[C@H]1CCCO1)NCc1cc(-c2cccc(Cl)c2)no1. The van der Waals surface area contributed by atoms with E-state index in [0.717, 1.165) is 25.0 Å². The normalized spacial score (nSPS) is 17.1. The molecule has 0 spiro atoms. The summed E-state index contributed by atoms with van der Waals surface area (Å²) >= 11 is 5.96. The van der Waals surface area contributed by atoms with Crippen LogP contribution in [0.15, 0.2) is 34.9 Å². The molecule has 128 valence electrons. The molecular weight excluding hydrogens is 332 g/mol. The van der Waals surface area contributed by atoms with Gasteiger partial charge in [-0.1, -0.05) is 28.9 Å². The Labute approximate surface area is 145 Å². The van der Waals surface area contributed by atoms with Crippen LogP contribution in [0.4, 0.5) is 0 Å². The van der Waals surface area contributed by atoms with Gasteiger partial charge in [-0.2, -0.15) is 0 Å². The molecule has 3 rings (SSSR count). The number of halogens is 1. The summed E-state index contributed by atoms with van der Waals surface area (Å²) in [5, 5.41) is 7.36. The summed E-state index contributed by atoms with van der Waals surface area (Å²) in [6.45, 7) is 1.50. The van der Waals surface area contributed by atoms with Crippen molar-refractivity contribution in [3.63, 3.8) is 0 Å². The van der Waals surface area contributed by atoms with Gasteiger partial charge in [0, 0.05) is 23.3 Å². The van der Waals surface area contributed by atoms with Crippen molar-refractivity contribution in [2.24, 2.45) is 0 Å². The van der Waals surface area contributed by atoms with Crippen molar-refractivity contribution in [3.8, 4) is 11.3 Å². The molecule has 2 aromatic rings. The Bertz CT molecular complexity index is 683. The molecule has 1 atom stereocenters. The summed E-state index contributed by atoms with van der Waals surface area (Å²) in [7, 11) is 0. The molecule has 0 saturated carbocycles. The van der Waals surface area contributed by atoms with Crippen molar-refractivity contribution >= 4 is 17.5 Å². The highest BCUT2D eigenvalue weighted by molar-refractivity contribution is 6.30. The molecule has 1 aromatic carbocycles.